The Hall–Kier alpha value is -2.68. The lowest BCUT2D eigenvalue weighted by atomic mass is 10.1. The Balaban J connectivity index is 2.00. The highest BCUT2D eigenvalue weighted by molar-refractivity contribution is 5.76. The van der Waals surface area contributed by atoms with Crippen molar-refractivity contribution in [3.05, 3.63) is 52.6 Å². The molecule has 26 heavy (non-hydrogen) atoms. The van der Waals surface area contributed by atoms with E-state index in [4.69, 9.17) is 5.26 Å². The van der Waals surface area contributed by atoms with Crippen molar-refractivity contribution in [3.63, 3.8) is 0 Å². The van der Waals surface area contributed by atoms with E-state index in [9.17, 15) is 9.18 Å². The van der Waals surface area contributed by atoms with Gasteiger partial charge >= 0.3 is 0 Å². The molecule has 0 aliphatic rings. The molecule has 0 saturated heterocycles. The number of hydrogen-bond acceptors (Lipinski definition) is 3. The topological polar surface area (TPSA) is 61.9 Å². The lowest BCUT2D eigenvalue weighted by molar-refractivity contribution is -0.131. The number of halogens is 1. The SMILES string of the molecule is CCN(Cc1cccc(F)c1)C(=O)CCc1c(C)nn(CCC#N)c1C. The van der Waals surface area contributed by atoms with Crippen molar-refractivity contribution in [1.29, 1.82) is 5.26 Å². The maximum Gasteiger partial charge on any atom is 0.223 e. The first kappa shape index (κ1) is 19.6. The molecule has 6 heteroatoms. The van der Waals surface area contributed by atoms with E-state index in [1.807, 2.05) is 31.5 Å². The Morgan fingerprint density at radius 3 is 2.81 bits per heavy atom. The summed E-state index contributed by atoms with van der Waals surface area (Å²) < 4.78 is 15.2. The molecular weight excluding hydrogens is 331 g/mol. The number of carbonyl (C=O) groups is 1. The Bertz CT molecular complexity index is 807. The Kier molecular flexibility index (Phi) is 6.90. The lowest BCUT2D eigenvalue weighted by Gasteiger charge is -2.21. The second kappa shape index (κ2) is 9.14. The van der Waals surface area contributed by atoms with Crippen molar-refractivity contribution >= 4 is 5.91 Å². The third-order valence-corrected chi connectivity index (χ3v) is 4.55. The first-order valence-corrected chi connectivity index (χ1v) is 8.88. The number of amides is 1. The van der Waals surface area contributed by atoms with Gasteiger partial charge in [0, 0.05) is 25.2 Å². The first-order chi connectivity index (χ1) is 12.5. The average molecular weight is 356 g/mol. The molecule has 2 rings (SSSR count). The fourth-order valence-corrected chi connectivity index (χ4v) is 3.09. The summed E-state index contributed by atoms with van der Waals surface area (Å²) in [4.78, 5) is 14.3. The third kappa shape index (κ3) is 4.92. The summed E-state index contributed by atoms with van der Waals surface area (Å²) in [6.07, 6.45) is 1.41. The van der Waals surface area contributed by atoms with Crippen LogP contribution in [0.3, 0.4) is 0 Å². The summed E-state index contributed by atoms with van der Waals surface area (Å²) in [6, 6.07) is 8.47. The molecule has 0 unspecified atom stereocenters. The number of benzene rings is 1. The van der Waals surface area contributed by atoms with E-state index in [1.165, 1.54) is 12.1 Å². The molecule has 0 saturated carbocycles. The van der Waals surface area contributed by atoms with Gasteiger partial charge in [-0.1, -0.05) is 12.1 Å². The molecule has 138 valence electrons. The number of carbonyl (C=O) groups excluding carboxylic acids is 1. The molecule has 0 aliphatic heterocycles. The van der Waals surface area contributed by atoms with E-state index in [-0.39, 0.29) is 11.7 Å². The predicted molar refractivity (Wildman–Crippen MR) is 97.7 cm³/mol. The minimum Gasteiger partial charge on any atom is -0.339 e. The van der Waals surface area contributed by atoms with Gasteiger partial charge in [0.2, 0.25) is 5.91 Å². The monoisotopic (exact) mass is 356 g/mol. The molecule has 1 heterocycles. The smallest absolute Gasteiger partial charge is 0.223 e. The van der Waals surface area contributed by atoms with Crippen LogP contribution >= 0.6 is 0 Å². The molecule has 0 N–H and O–H groups in total. The normalized spacial score (nSPS) is 10.6. The molecule has 1 amide bonds. The van der Waals surface area contributed by atoms with Crippen LogP contribution in [0.1, 0.15) is 42.3 Å². The Labute approximate surface area is 154 Å². The maximum absolute atomic E-state index is 13.3. The molecular formula is C20H25FN4O. The van der Waals surface area contributed by atoms with E-state index >= 15 is 0 Å². The molecule has 0 spiro atoms. The molecule has 0 atom stereocenters. The van der Waals surface area contributed by atoms with Crippen LogP contribution in [-0.2, 0) is 24.3 Å². The molecule has 1 aromatic carbocycles. The summed E-state index contributed by atoms with van der Waals surface area (Å²) in [5, 5.41) is 13.2. The number of rotatable bonds is 8. The number of aryl methyl sites for hydroxylation is 2. The van der Waals surface area contributed by atoms with Crippen molar-refractivity contribution in [2.45, 2.75) is 53.1 Å². The van der Waals surface area contributed by atoms with E-state index < -0.39 is 0 Å². The van der Waals surface area contributed by atoms with Gasteiger partial charge in [-0.25, -0.2) is 4.39 Å². The zero-order valence-electron chi connectivity index (χ0n) is 15.6. The van der Waals surface area contributed by atoms with E-state index in [2.05, 4.69) is 11.2 Å². The summed E-state index contributed by atoms with van der Waals surface area (Å²) >= 11 is 0. The van der Waals surface area contributed by atoms with Crippen molar-refractivity contribution < 1.29 is 9.18 Å². The van der Waals surface area contributed by atoms with Crippen LogP contribution in [-0.4, -0.2) is 27.1 Å². The highest BCUT2D eigenvalue weighted by Gasteiger charge is 2.16. The molecule has 5 nitrogen and oxygen atoms in total. The van der Waals surface area contributed by atoms with Crippen molar-refractivity contribution in [2.75, 3.05) is 6.54 Å². The van der Waals surface area contributed by atoms with Crippen LogP contribution in [0.2, 0.25) is 0 Å². The van der Waals surface area contributed by atoms with Crippen molar-refractivity contribution in [1.82, 2.24) is 14.7 Å². The van der Waals surface area contributed by atoms with Crippen LogP contribution in [0.4, 0.5) is 4.39 Å². The molecule has 0 radical (unpaired) electrons. The van der Waals surface area contributed by atoms with Gasteiger partial charge in [-0.05, 0) is 50.5 Å². The average Bonchev–Trinajstić information content (AvgIpc) is 2.89. The number of nitriles is 1. The van der Waals surface area contributed by atoms with Gasteiger partial charge in [-0.2, -0.15) is 10.4 Å². The third-order valence-electron chi connectivity index (χ3n) is 4.55. The van der Waals surface area contributed by atoms with Gasteiger partial charge in [0.1, 0.15) is 5.82 Å². The zero-order valence-corrected chi connectivity index (χ0v) is 15.6. The van der Waals surface area contributed by atoms with Gasteiger partial charge < -0.3 is 4.90 Å². The predicted octanol–water partition coefficient (Wildman–Crippen LogP) is 3.53. The van der Waals surface area contributed by atoms with Crippen LogP contribution in [0.15, 0.2) is 24.3 Å². The van der Waals surface area contributed by atoms with Crippen LogP contribution in [0.5, 0.6) is 0 Å². The molecule has 2 aromatic rings. The lowest BCUT2D eigenvalue weighted by Crippen LogP contribution is -2.30. The Morgan fingerprint density at radius 2 is 2.15 bits per heavy atom. The summed E-state index contributed by atoms with van der Waals surface area (Å²) in [7, 11) is 0. The summed E-state index contributed by atoms with van der Waals surface area (Å²) in [5.74, 6) is -0.248. The van der Waals surface area contributed by atoms with Gasteiger partial charge in [0.25, 0.3) is 0 Å². The largest absolute Gasteiger partial charge is 0.339 e. The molecule has 0 bridgehead atoms. The highest BCUT2D eigenvalue weighted by Crippen LogP contribution is 2.17. The van der Waals surface area contributed by atoms with E-state index in [1.54, 1.807) is 11.0 Å². The fraction of sp³-hybridized carbons (Fsp3) is 0.450. The Morgan fingerprint density at radius 1 is 1.38 bits per heavy atom. The molecule has 0 fully saturated rings. The van der Waals surface area contributed by atoms with Gasteiger partial charge in [0.15, 0.2) is 0 Å². The van der Waals surface area contributed by atoms with Crippen LogP contribution in [0, 0.1) is 31.0 Å². The number of nitrogens with zero attached hydrogens (tertiary/aromatic N) is 4. The van der Waals surface area contributed by atoms with E-state index in [0.717, 1.165) is 22.5 Å². The molecule has 1 aromatic heterocycles. The summed E-state index contributed by atoms with van der Waals surface area (Å²) in [6.45, 7) is 7.38. The fourth-order valence-electron chi connectivity index (χ4n) is 3.09. The minimum atomic E-state index is -0.290. The zero-order chi connectivity index (χ0) is 19.1. The first-order valence-electron chi connectivity index (χ1n) is 8.88. The van der Waals surface area contributed by atoms with Gasteiger partial charge in [-0.3, -0.25) is 9.48 Å². The van der Waals surface area contributed by atoms with E-state index in [0.29, 0.717) is 38.9 Å². The number of aromatic nitrogens is 2. The second-order valence-electron chi connectivity index (χ2n) is 6.32. The number of hydrogen-bond donors (Lipinski definition) is 0. The quantitative estimate of drug-likeness (QED) is 0.727. The van der Waals surface area contributed by atoms with Crippen LogP contribution < -0.4 is 0 Å². The van der Waals surface area contributed by atoms with Gasteiger partial charge in [0.05, 0.1) is 24.7 Å². The summed E-state index contributed by atoms with van der Waals surface area (Å²) in [5.41, 5.74) is 3.77. The van der Waals surface area contributed by atoms with Crippen molar-refractivity contribution in [2.24, 2.45) is 0 Å². The van der Waals surface area contributed by atoms with Crippen molar-refractivity contribution in [3.8, 4) is 6.07 Å². The highest BCUT2D eigenvalue weighted by atomic mass is 19.1. The standard InChI is InChI=1S/C20H25FN4O/c1-4-24(14-17-7-5-8-18(21)13-17)20(26)10-9-19-15(2)23-25(16(19)3)12-6-11-22/h5,7-8,13H,4,6,9-10,12,14H2,1-3H3. The molecule has 0 aliphatic carbocycles. The minimum absolute atomic E-state index is 0.0420. The second-order valence-corrected chi connectivity index (χ2v) is 6.32. The van der Waals surface area contributed by atoms with Crippen LogP contribution in [0.25, 0.3) is 0 Å². The van der Waals surface area contributed by atoms with Gasteiger partial charge in [-0.15, -0.1) is 0 Å². The maximum atomic E-state index is 13.3.